The van der Waals surface area contributed by atoms with Gasteiger partial charge in [-0.15, -0.1) is 0 Å². The van der Waals surface area contributed by atoms with Gasteiger partial charge in [0.15, 0.2) is 0 Å². The minimum absolute atomic E-state index is 0.0868. The minimum Gasteiger partial charge on any atom is -0.356 e. The molecule has 2 heterocycles. The number of nitrogens with zero attached hydrogens (tertiary/aromatic N) is 3. The van der Waals surface area contributed by atoms with Crippen molar-refractivity contribution in [2.75, 3.05) is 25.4 Å². The highest BCUT2D eigenvalue weighted by Crippen LogP contribution is 2.21. The first-order chi connectivity index (χ1) is 16.6. The topological polar surface area (TPSA) is 71.3 Å². The third-order valence-electron chi connectivity index (χ3n) is 6.04. The molecule has 1 aliphatic heterocycles. The molecule has 2 aromatic carbocycles. The fourth-order valence-corrected chi connectivity index (χ4v) is 5.03. The molecule has 0 unspecified atom stereocenters. The van der Waals surface area contributed by atoms with Crippen LogP contribution in [0.15, 0.2) is 53.1 Å². The Hall–Kier alpha value is -2.35. The first kappa shape index (κ1) is 24.8. The largest absolute Gasteiger partial charge is 0.356 e. The van der Waals surface area contributed by atoms with Crippen molar-refractivity contribution in [1.82, 2.24) is 20.4 Å². The van der Waals surface area contributed by atoms with Gasteiger partial charge in [-0.3, -0.25) is 9.69 Å². The van der Waals surface area contributed by atoms with Gasteiger partial charge < -0.3 is 9.84 Å². The number of aromatic nitrogens is 2. The Morgan fingerprint density at radius 3 is 2.62 bits per heavy atom. The average molecular weight is 499 g/mol. The molecule has 0 saturated carbocycles. The predicted octanol–water partition coefficient (Wildman–Crippen LogP) is 5.35. The van der Waals surface area contributed by atoms with E-state index in [0.29, 0.717) is 18.3 Å². The lowest BCUT2D eigenvalue weighted by Gasteiger charge is -2.30. The second-order valence-corrected chi connectivity index (χ2v) is 10.3. The Bertz CT molecular complexity index is 1050. The normalized spacial score (nSPS) is 14.9. The third-order valence-corrected chi connectivity index (χ3v) is 7.41. The van der Waals surface area contributed by atoms with Gasteiger partial charge in [0.2, 0.25) is 17.6 Å². The Balaban J connectivity index is 1.10. The molecular formula is C26H31ClN4O2S. The van der Waals surface area contributed by atoms with Crippen molar-refractivity contribution >= 4 is 29.3 Å². The number of carbonyl (C=O) groups excluding carboxylic acids is 1. The molecule has 4 rings (SSSR count). The first-order valence-electron chi connectivity index (χ1n) is 11.8. The molecule has 180 valence electrons. The van der Waals surface area contributed by atoms with Crippen molar-refractivity contribution in [3.8, 4) is 11.4 Å². The Labute approximate surface area is 210 Å². The number of hydrogen-bond donors (Lipinski definition) is 1. The van der Waals surface area contributed by atoms with Crippen LogP contribution in [-0.4, -0.2) is 46.3 Å². The Morgan fingerprint density at radius 2 is 1.88 bits per heavy atom. The molecule has 6 nitrogen and oxygen atoms in total. The Morgan fingerprint density at radius 1 is 1.15 bits per heavy atom. The molecule has 1 amide bonds. The number of aryl methyl sites for hydroxylation is 1. The van der Waals surface area contributed by atoms with Gasteiger partial charge in [-0.2, -0.15) is 16.7 Å². The second-order valence-electron chi connectivity index (χ2n) is 8.75. The molecule has 0 bridgehead atoms. The van der Waals surface area contributed by atoms with Crippen LogP contribution in [0, 0.1) is 12.8 Å². The van der Waals surface area contributed by atoms with Gasteiger partial charge in [-0.05, 0) is 62.7 Å². The summed E-state index contributed by atoms with van der Waals surface area (Å²) in [6, 6.07) is 16.1. The monoisotopic (exact) mass is 498 g/mol. The SMILES string of the molecule is Cc1ccc(-c2noc(CN3CCC(C(=O)NCCCSCc4ccc(Cl)cc4)CC3)n2)cc1. The number of nitrogens with one attached hydrogen (secondary N) is 1. The minimum atomic E-state index is 0.0868. The third kappa shape index (κ3) is 7.32. The molecule has 0 spiro atoms. The maximum atomic E-state index is 12.5. The maximum absolute atomic E-state index is 12.5. The number of likely N-dealkylation sites (tertiary alicyclic amines) is 1. The first-order valence-corrected chi connectivity index (χ1v) is 13.3. The lowest BCUT2D eigenvalue weighted by molar-refractivity contribution is -0.126. The summed E-state index contributed by atoms with van der Waals surface area (Å²) in [5.41, 5.74) is 3.43. The molecule has 34 heavy (non-hydrogen) atoms. The summed E-state index contributed by atoms with van der Waals surface area (Å²) >= 11 is 7.80. The van der Waals surface area contributed by atoms with Gasteiger partial charge in [0.25, 0.3) is 0 Å². The van der Waals surface area contributed by atoms with E-state index in [4.69, 9.17) is 16.1 Å². The molecule has 0 aliphatic carbocycles. The average Bonchev–Trinajstić information content (AvgIpc) is 3.31. The van der Waals surface area contributed by atoms with Crippen molar-refractivity contribution in [1.29, 1.82) is 0 Å². The highest BCUT2D eigenvalue weighted by molar-refractivity contribution is 7.98. The lowest BCUT2D eigenvalue weighted by atomic mass is 9.96. The van der Waals surface area contributed by atoms with Crippen LogP contribution in [0.5, 0.6) is 0 Å². The van der Waals surface area contributed by atoms with E-state index in [2.05, 4.69) is 39.4 Å². The summed E-state index contributed by atoms with van der Waals surface area (Å²) in [5, 5.41) is 8.00. The number of benzene rings is 2. The predicted molar refractivity (Wildman–Crippen MR) is 138 cm³/mol. The summed E-state index contributed by atoms with van der Waals surface area (Å²) in [4.78, 5) is 19.4. The number of hydrogen-bond acceptors (Lipinski definition) is 6. The van der Waals surface area contributed by atoms with Crippen molar-refractivity contribution in [3.63, 3.8) is 0 Å². The molecule has 1 fully saturated rings. The number of rotatable bonds is 10. The van der Waals surface area contributed by atoms with E-state index in [9.17, 15) is 4.79 Å². The number of halogens is 1. The van der Waals surface area contributed by atoms with Gasteiger partial charge in [0.05, 0.1) is 6.54 Å². The molecule has 1 aliphatic rings. The Kier molecular flexibility index (Phi) is 9.02. The molecule has 8 heteroatoms. The number of carbonyl (C=O) groups is 1. The van der Waals surface area contributed by atoms with E-state index < -0.39 is 0 Å². The lowest BCUT2D eigenvalue weighted by Crippen LogP contribution is -2.40. The zero-order valence-electron chi connectivity index (χ0n) is 19.5. The fraction of sp³-hybridized carbons (Fsp3) is 0.423. The summed E-state index contributed by atoms with van der Waals surface area (Å²) in [7, 11) is 0. The van der Waals surface area contributed by atoms with Crippen LogP contribution in [0.3, 0.4) is 0 Å². The molecular weight excluding hydrogens is 468 g/mol. The van der Waals surface area contributed by atoms with E-state index >= 15 is 0 Å². The molecule has 1 aromatic heterocycles. The zero-order chi connectivity index (χ0) is 23.8. The van der Waals surface area contributed by atoms with Crippen LogP contribution >= 0.6 is 23.4 Å². The fourth-order valence-electron chi connectivity index (χ4n) is 3.98. The quantitative estimate of drug-likeness (QED) is 0.380. The van der Waals surface area contributed by atoms with E-state index in [1.165, 1.54) is 11.1 Å². The van der Waals surface area contributed by atoms with Crippen LogP contribution in [0.1, 0.15) is 36.3 Å². The van der Waals surface area contributed by atoms with E-state index in [1.54, 1.807) is 0 Å². The van der Waals surface area contributed by atoms with Gasteiger partial charge >= 0.3 is 0 Å². The van der Waals surface area contributed by atoms with Crippen LogP contribution < -0.4 is 5.32 Å². The summed E-state index contributed by atoms with van der Waals surface area (Å²) < 4.78 is 5.46. The molecule has 1 N–H and O–H groups in total. The highest BCUT2D eigenvalue weighted by Gasteiger charge is 2.25. The number of amides is 1. The van der Waals surface area contributed by atoms with Crippen molar-refractivity contribution in [2.24, 2.45) is 5.92 Å². The number of piperidine rings is 1. The van der Waals surface area contributed by atoms with Crippen LogP contribution in [0.25, 0.3) is 11.4 Å². The van der Waals surface area contributed by atoms with E-state index in [0.717, 1.165) is 61.0 Å². The van der Waals surface area contributed by atoms with Crippen LogP contribution in [0.2, 0.25) is 5.02 Å². The standard InChI is InChI=1S/C26H31ClN4O2S/c1-19-3-7-21(8-4-19)25-29-24(33-30-25)17-31-14-11-22(12-15-31)26(32)28-13-2-16-34-18-20-5-9-23(27)10-6-20/h3-10,22H,2,11-18H2,1H3,(H,28,32). The number of thioether (sulfide) groups is 1. The highest BCUT2D eigenvalue weighted by atomic mass is 35.5. The summed E-state index contributed by atoms with van der Waals surface area (Å²) in [5.74, 6) is 3.50. The van der Waals surface area contributed by atoms with Crippen LogP contribution in [-0.2, 0) is 17.1 Å². The van der Waals surface area contributed by atoms with Gasteiger partial charge in [0.1, 0.15) is 0 Å². The van der Waals surface area contributed by atoms with Gasteiger partial charge in [0, 0.05) is 28.8 Å². The van der Waals surface area contributed by atoms with Gasteiger partial charge in [-0.25, -0.2) is 0 Å². The van der Waals surface area contributed by atoms with E-state index in [1.807, 2.05) is 48.2 Å². The van der Waals surface area contributed by atoms with Crippen molar-refractivity contribution < 1.29 is 9.32 Å². The van der Waals surface area contributed by atoms with Crippen LogP contribution in [0.4, 0.5) is 0 Å². The summed E-state index contributed by atoms with van der Waals surface area (Å²) in [6.45, 7) is 5.13. The van der Waals surface area contributed by atoms with Crippen molar-refractivity contribution in [3.05, 3.63) is 70.6 Å². The molecule has 3 aromatic rings. The summed E-state index contributed by atoms with van der Waals surface area (Å²) in [6.07, 6.45) is 2.69. The smallest absolute Gasteiger partial charge is 0.241 e. The molecule has 0 atom stereocenters. The maximum Gasteiger partial charge on any atom is 0.241 e. The molecule has 0 radical (unpaired) electrons. The zero-order valence-corrected chi connectivity index (χ0v) is 21.1. The second kappa shape index (κ2) is 12.4. The van der Waals surface area contributed by atoms with Gasteiger partial charge in [-0.1, -0.05) is 58.7 Å². The van der Waals surface area contributed by atoms with E-state index in [-0.39, 0.29) is 11.8 Å². The molecule has 1 saturated heterocycles. The van der Waals surface area contributed by atoms with Crippen molar-refractivity contribution in [2.45, 2.75) is 38.5 Å².